The van der Waals surface area contributed by atoms with E-state index in [4.69, 9.17) is 16.3 Å². The number of halogens is 4. The van der Waals surface area contributed by atoms with Crippen LogP contribution in [0.15, 0.2) is 18.2 Å². The summed E-state index contributed by atoms with van der Waals surface area (Å²) in [5, 5.41) is 11.2. The predicted molar refractivity (Wildman–Crippen MR) is 65.6 cm³/mol. The molecule has 0 unspecified atom stereocenters. The van der Waals surface area contributed by atoms with Crippen molar-refractivity contribution in [2.24, 2.45) is 0 Å². The summed E-state index contributed by atoms with van der Waals surface area (Å²) in [6.45, 7) is -0.561. The van der Waals surface area contributed by atoms with E-state index in [1.165, 1.54) is 25.3 Å². The van der Waals surface area contributed by atoms with Crippen LogP contribution < -0.4 is 4.74 Å². The third-order valence-electron chi connectivity index (χ3n) is 3.01. The maximum Gasteiger partial charge on any atom is 0.492 e. The van der Waals surface area contributed by atoms with E-state index < -0.39 is 17.7 Å². The van der Waals surface area contributed by atoms with Crippen LogP contribution in [0.4, 0.5) is 13.2 Å². The third-order valence-corrected chi connectivity index (χ3v) is 3.30. The van der Waals surface area contributed by atoms with Gasteiger partial charge in [0.15, 0.2) is 0 Å². The Morgan fingerprint density at radius 2 is 2.05 bits per heavy atom. The van der Waals surface area contributed by atoms with Crippen molar-refractivity contribution in [3.8, 4) is 5.75 Å². The van der Waals surface area contributed by atoms with E-state index in [0.29, 0.717) is 11.3 Å². The van der Waals surface area contributed by atoms with Gasteiger partial charge >= 0.3 is 12.1 Å². The van der Waals surface area contributed by atoms with E-state index in [9.17, 15) is 23.1 Å². The van der Waals surface area contributed by atoms with Gasteiger partial charge in [0.2, 0.25) is 0 Å². The maximum absolute atomic E-state index is 12.0. The third kappa shape index (κ3) is 3.22. The van der Waals surface area contributed by atoms with Crippen molar-refractivity contribution in [1.82, 2.24) is 5.06 Å². The van der Waals surface area contributed by atoms with Crippen molar-refractivity contribution in [1.29, 1.82) is 0 Å². The standard InChI is InChI=1S/C12H11ClF3NO4/c1-20-9-3-2-7(4-8(9)13)11(19)5-17(6-11)21-10(18)12(14,15)16/h2-4,19H,5-6H2,1H3. The summed E-state index contributed by atoms with van der Waals surface area (Å²) in [7, 11) is 1.43. The molecule has 5 nitrogen and oxygen atoms in total. The van der Waals surface area contributed by atoms with Gasteiger partial charge in [-0.25, -0.2) is 4.79 Å². The molecule has 1 aromatic rings. The van der Waals surface area contributed by atoms with Gasteiger partial charge in [0.25, 0.3) is 0 Å². The quantitative estimate of drug-likeness (QED) is 0.919. The largest absolute Gasteiger partial charge is 0.495 e. The van der Waals surface area contributed by atoms with E-state index in [2.05, 4.69) is 4.84 Å². The van der Waals surface area contributed by atoms with Crippen LogP contribution in [-0.2, 0) is 15.2 Å². The van der Waals surface area contributed by atoms with E-state index >= 15 is 0 Å². The van der Waals surface area contributed by atoms with Crippen molar-refractivity contribution in [2.75, 3.05) is 20.2 Å². The molecule has 116 valence electrons. The number of rotatable bonds is 3. The maximum atomic E-state index is 12.0. The summed E-state index contributed by atoms with van der Waals surface area (Å²) in [5.74, 6) is -1.92. The average Bonchev–Trinajstić information content (AvgIpc) is 2.35. The van der Waals surface area contributed by atoms with Gasteiger partial charge in [-0.1, -0.05) is 17.7 Å². The minimum absolute atomic E-state index is 0.258. The van der Waals surface area contributed by atoms with Crippen LogP contribution in [-0.4, -0.2) is 42.5 Å². The molecule has 0 aromatic heterocycles. The van der Waals surface area contributed by atoms with Crippen molar-refractivity contribution < 1.29 is 32.6 Å². The fourth-order valence-electron chi connectivity index (χ4n) is 1.91. The molecular weight excluding hydrogens is 315 g/mol. The summed E-state index contributed by atoms with van der Waals surface area (Å²) in [4.78, 5) is 14.7. The van der Waals surface area contributed by atoms with E-state index in [0.717, 1.165) is 5.06 Å². The van der Waals surface area contributed by atoms with E-state index in [1.807, 2.05) is 0 Å². The fourth-order valence-corrected chi connectivity index (χ4v) is 2.17. The number of hydroxylamine groups is 2. The van der Waals surface area contributed by atoms with Gasteiger partial charge in [-0.15, -0.1) is 5.06 Å². The molecule has 0 aliphatic carbocycles. The monoisotopic (exact) mass is 325 g/mol. The molecule has 9 heteroatoms. The minimum Gasteiger partial charge on any atom is -0.495 e. The highest BCUT2D eigenvalue weighted by molar-refractivity contribution is 6.32. The van der Waals surface area contributed by atoms with Crippen molar-refractivity contribution >= 4 is 17.6 Å². The molecule has 0 bridgehead atoms. The summed E-state index contributed by atoms with van der Waals surface area (Å²) >= 11 is 5.91. The molecule has 1 aromatic carbocycles. The molecule has 2 rings (SSSR count). The van der Waals surface area contributed by atoms with E-state index in [1.54, 1.807) is 0 Å². The first-order valence-corrected chi connectivity index (χ1v) is 6.14. The number of hydrogen-bond acceptors (Lipinski definition) is 5. The van der Waals surface area contributed by atoms with Crippen LogP contribution in [0.5, 0.6) is 5.75 Å². The molecule has 1 heterocycles. The molecule has 0 spiro atoms. The van der Waals surface area contributed by atoms with Crippen molar-refractivity contribution in [2.45, 2.75) is 11.8 Å². The summed E-state index contributed by atoms with van der Waals surface area (Å²) in [5.41, 5.74) is -1.03. The second-order valence-electron chi connectivity index (χ2n) is 4.56. The van der Waals surface area contributed by atoms with E-state index in [-0.39, 0.29) is 18.1 Å². The van der Waals surface area contributed by atoms with Gasteiger partial charge in [0, 0.05) is 0 Å². The van der Waals surface area contributed by atoms with Gasteiger partial charge in [-0.3, -0.25) is 0 Å². The lowest BCUT2D eigenvalue weighted by Gasteiger charge is -2.44. The fraction of sp³-hybridized carbons (Fsp3) is 0.417. The SMILES string of the molecule is COc1ccc(C2(O)CN(OC(=O)C(F)(F)F)C2)cc1Cl. The Hall–Kier alpha value is -1.51. The van der Waals surface area contributed by atoms with Crippen LogP contribution in [0, 0.1) is 0 Å². The first-order valence-electron chi connectivity index (χ1n) is 5.76. The average molecular weight is 326 g/mol. The lowest BCUT2D eigenvalue weighted by molar-refractivity contribution is -0.287. The van der Waals surface area contributed by atoms with Gasteiger partial charge < -0.3 is 14.7 Å². The highest BCUT2D eigenvalue weighted by Gasteiger charge is 2.49. The Bertz CT molecular complexity index is 558. The molecule has 0 amide bonds. The molecule has 0 saturated carbocycles. The number of β-amino-alcohol motifs (C(OH)–C–C–N with tert-alkyl or cyclic N) is 1. The number of methoxy groups -OCH3 is 1. The number of benzene rings is 1. The number of carbonyl (C=O) groups excluding carboxylic acids is 1. The van der Waals surface area contributed by atoms with Gasteiger partial charge in [0.1, 0.15) is 11.4 Å². The lowest BCUT2D eigenvalue weighted by atomic mass is 9.88. The first-order chi connectivity index (χ1) is 9.65. The molecule has 1 saturated heterocycles. The minimum atomic E-state index is -5.07. The Morgan fingerprint density at radius 1 is 1.43 bits per heavy atom. The molecule has 1 N–H and O–H groups in total. The zero-order valence-corrected chi connectivity index (χ0v) is 11.5. The van der Waals surface area contributed by atoms with Crippen LogP contribution in [0.2, 0.25) is 5.02 Å². The van der Waals surface area contributed by atoms with Gasteiger partial charge in [-0.05, 0) is 17.7 Å². The number of aliphatic hydroxyl groups is 1. The first kappa shape index (κ1) is 15.9. The zero-order chi connectivity index (χ0) is 15.8. The normalized spacial score (nSPS) is 18.0. The molecule has 0 atom stereocenters. The topological polar surface area (TPSA) is 59.0 Å². The Kier molecular flexibility index (Phi) is 4.05. The summed E-state index contributed by atoms with van der Waals surface area (Å²) in [6.07, 6.45) is -5.07. The van der Waals surface area contributed by atoms with Crippen LogP contribution in [0.3, 0.4) is 0 Å². The summed E-state index contributed by atoms with van der Waals surface area (Å²) in [6, 6.07) is 4.51. The lowest BCUT2D eigenvalue weighted by Crippen LogP contribution is -2.60. The molecule has 21 heavy (non-hydrogen) atoms. The summed E-state index contributed by atoms with van der Waals surface area (Å²) < 4.78 is 41.0. The molecule has 0 radical (unpaired) electrons. The smallest absolute Gasteiger partial charge is 0.492 e. The highest BCUT2D eigenvalue weighted by Crippen LogP contribution is 2.36. The van der Waals surface area contributed by atoms with Crippen LogP contribution in [0.25, 0.3) is 0 Å². The molecule has 1 aliphatic rings. The Balaban J connectivity index is 2.01. The van der Waals surface area contributed by atoms with Crippen molar-refractivity contribution in [3.63, 3.8) is 0 Å². The number of hydrogen-bond donors (Lipinski definition) is 1. The Labute approximate surface area is 122 Å². The predicted octanol–water partition coefficient (Wildman–Crippen LogP) is 1.87. The number of nitrogens with zero attached hydrogens (tertiary/aromatic N) is 1. The van der Waals surface area contributed by atoms with Crippen molar-refractivity contribution in [3.05, 3.63) is 28.8 Å². The molecule has 1 aliphatic heterocycles. The van der Waals surface area contributed by atoms with Crippen LogP contribution >= 0.6 is 11.6 Å². The van der Waals surface area contributed by atoms with Gasteiger partial charge in [-0.2, -0.15) is 13.2 Å². The van der Waals surface area contributed by atoms with Gasteiger partial charge in [0.05, 0.1) is 25.2 Å². The Morgan fingerprint density at radius 3 is 2.52 bits per heavy atom. The second kappa shape index (κ2) is 5.36. The second-order valence-corrected chi connectivity index (χ2v) is 4.96. The number of alkyl halides is 3. The van der Waals surface area contributed by atoms with Crippen LogP contribution in [0.1, 0.15) is 5.56 Å². The highest BCUT2D eigenvalue weighted by atomic mass is 35.5. The molecule has 1 fully saturated rings. The molecular formula is C12H11ClF3NO4. The number of ether oxygens (including phenoxy) is 1. The number of carbonyl (C=O) groups is 1. The zero-order valence-electron chi connectivity index (χ0n) is 10.8.